The number of carbonyl (C=O) groups excluding carboxylic acids is 1. The molecule has 18 heavy (non-hydrogen) atoms. The van der Waals surface area contributed by atoms with Crippen molar-refractivity contribution in [2.45, 2.75) is 6.42 Å². The van der Waals surface area contributed by atoms with Gasteiger partial charge in [-0.1, -0.05) is 12.1 Å². The molecule has 98 valence electrons. The minimum Gasteiger partial charge on any atom is -0.449 e. The fraction of sp³-hybridized carbons (Fsp3) is 0.462. The number of rotatable bonds is 4. The molecule has 1 unspecified atom stereocenters. The van der Waals surface area contributed by atoms with Gasteiger partial charge in [-0.3, -0.25) is 4.90 Å². The molecule has 0 saturated carbocycles. The molecule has 0 aliphatic carbocycles. The average Bonchev–Trinajstić information content (AvgIpc) is 2.39. The van der Waals surface area contributed by atoms with E-state index in [0.717, 1.165) is 13.0 Å². The molecule has 1 atom stereocenters. The normalized spacial score (nSPS) is 19.8. The Bertz CT molecular complexity index is 425. The molecule has 2 rings (SSSR count). The number of hydrogen-bond acceptors (Lipinski definition) is 3. The van der Waals surface area contributed by atoms with Gasteiger partial charge in [0.1, 0.15) is 5.82 Å². The number of anilines is 1. The van der Waals surface area contributed by atoms with Gasteiger partial charge in [0.15, 0.2) is 0 Å². The summed E-state index contributed by atoms with van der Waals surface area (Å²) >= 11 is 0. The van der Waals surface area contributed by atoms with E-state index in [-0.39, 0.29) is 11.6 Å². The van der Waals surface area contributed by atoms with Crippen LogP contribution in [0, 0.1) is 11.7 Å². The van der Waals surface area contributed by atoms with Gasteiger partial charge in [0.25, 0.3) is 0 Å². The molecule has 1 aliphatic heterocycles. The summed E-state index contributed by atoms with van der Waals surface area (Å²) in [6.45, 7) is 1.76. The molecule has 1 amide bonds. The van der Waals surface area contributed by atoms with Gasteiger partial charge in [0.2, 0.25) is 0 Å². The summed E-state index contributed by atoms with van der Waals surface area (Å²) in [6.07, 6.45) is 0.426. The number of nitrogens with one attached hydrogen (secondary N) is 1. The molecular formula is C13H17FN2O2. The second-order valence-corrected chi connectivity index (χ2v) is 4.40. The molecule has 0 spiro atoms. The minimum absolute atomic E-state index is 0.231. The van der Waals surface area contributed by atoms with E-state index in [0.29, 0.717) is 13.2 Å². The van der Waals surface area contributed by atoms with Gasteiger partial charge in [-0.2, -0.15) is 0 Å². The highest BCUT2D eigenvalue weighted by Crippen LogP contribution is 2.24. The Labute approximate surface area is 106 Å². The predicted molar refractivity (Wildman–Crippen MR) is 67.1 cm³/mol. The summed E-state index contributed by atoms with van der Waals surface area (Å²) in [5.74, 6) is -0.168. The average molecular weight is 252 g/mol. The smallest absolute Gasteiger partial charge is 0.414 e. The van der Waals surface area contributed by atoms with Crippen molar-refractivity contribution in [3.05, 3.63) is 30.1 Å². The van der Waals surface area contributed by atoms with Crippen LogP contribution >= 0.6 is 0 Å². The van der Waals surface area contributed by atoms with Crippen LogP contribution in [0.2, 0.25) is 0 Å². The van der Waals surface area contributed by atoms with E-state index < -0.39 is 11.9 Å². The first-order chi connectivity index (χ1) is 8.72. The van der Waals surface area contributed by atoms with Gasteiger partial charge in [0, 0.05) is 12.5 Å². The fourth-order valence-electron chi connectivity index (χ4n) is 2.04. The van der Waals surface area contributed by atoms with Crippen LogP contribution < -0.4 is 10.2 Å². The maximum Gasteiger partial charge on any atom is 0.414 e. The summed E-state index contributed by atoms with van der Waals surface area (Å²) in [6, 6.07) is 6.26. The fourth-order valence-corrected chi connectivity index (χ4v) is 2.04. The predicted octanol–water partition coefficient (Wildman–Crippen LogP) is 2.01. The van der Waals surface area contributed by atoms with E-state index in [1.54, 1.807) is 18.2 Å². The lowest BCUT2D eigenvalue weighted by atomic mass is 10.0. The number of hydrogen-bond donors (Lipinski definition) is 1. The molecule has 1 aromatic rings. The molecule has 1 aromatic carbocycles. The Morgan fingerprint density at radius 1 is 1.50 bits per heavy atom. The van der Waals surface area contributed by atoms with Crippen LogP contribution in [0.1, 0.15) is 6.42 Å². The summed E-state index contributed by atoms with van der Waals surface area (Å²) < 4.78 is 18.8. The molecule has 1 heterocycles. The summed E-state index contributed by atoms with van der Waals surface area (Å²) in [7, 11) is 1.88. The zero-order valence-corrected chi connectivity index (χ0v) is 10.4. The standard InChI is InChI=1S/C13H17FN2O2/c1-15-7-6-10-8-16(13(17)18-9-10)12-5-3-2-4-11(12)14/h2-5,10,15H,6-9H2,1H3. The molecule has 1 saturated heterocycles. The largest absolute Gasteiger partial charge is 0.449 e. The third-order valence-electron chi connectivity index (χ3n) is 3.05. The van der Waals surface area contributed by atoms with Crippen molar-refractivity contribution in [2.75, 3.05) is 31.6 Å². The van der Waals surface area contributed by atoms with Gasteiger partial charge in [-0.05, 0) is 32.1 Å². The highest BCUT2D eigenvalue weighted by molar-refractivity contribution is 5.88. The number of halogens is 1. The molecule has 5 heteroatoms. The number of para-hydroxylation sites is 1. The number of ether oxygens (including phenoxy) is 1. The van der Waals surface area contributed by atoms with Gasteiger partial charge >= 0.3 is 6.09 Å². The Kier molecular flexibility index (Phi) is 4.15. The Hall–Kier alpha value is -1.62. The van der Waals surface area contributed by atoms with Crippen LogP contribution in [0.15, 0.2) is 24.3 Å². The number of carbonyl (C=O) groups is 1. The van der Waals surface area contributed by atoms with Crippen molar-refractivity contribution < 1.29 is 13.9 Å². The van der Waals surface area contributed by atoms with Crippen LogP contribution in [0.3, 0.4) is 0 Å². The highest BCUT2D eigenvalue weighted by Gasteiger charge is 2.29. The van der Waals surface area contributed by atoms with E-state index in [1.807, 2.05) is 7.05 Å². The molecule has 1 N–H and O–H groups in total. The monoisotopic (exact) mass is 252 g/mol. The van der Waals surface area contributed by atoms with Crippen molar-refractivity contribution in [2.24, 2.45) is 5.92 Å². The first-order valence-corrected chi connectivity index (χ1v) is 6.05. The Balaban J connectivity index is 2.10. The Morgan fingerprint density at radius 3 is 3.00 bits per heavy atom. The van der Waals surface area contributed by atoms with E-state index in [1.165, 1.54) is 11.0 Å². The van der Waals surface area contributed by atoms with E-state index in [9.17, 15) is 9.18 Å². The molecule has 0 aromatic heterocycles. The molecule has 1 fully saturated rings. The third kappa shape index (κ3) is 2.79. The number of nitrogens with zero attached hydrogens (tertiary/aromatic N) is 1. The topological polar surface area (TPSA) is 41.6 Å². The van der Waals surface area contributed by atoms with E-state index >= 15 is 0 Å². The SMILES string of the molecule is CNCCC1COC(=O)N(c2ccccc2F)C1. The van der Waals surface area contributed by atoms with Crippen LogP contribution in [-0.4, -0.2) is 32.8 Å². The zero-order chi connectivity index (χ0) is 13.0. The van der Waals surface area contributed by atoms with Gasteiger partial charge < -0.3 is 10.1 Å². The number of amides is 1. The first kappa shape index (κ1) is 12.8. The second-order valence-electron chi connectivity index (χ2n) is 4.40. The summed E-state index contributed by atoms with van der Waals surface area (Å²) in [5, 5.41) is 3.06. The molecule has 4 nitrogen and oxygen atoms in total. The van der Waals surface area contributed by atoms with Crippen LogP contribution in [0.25, 0.3) is 0 Å². The number of benzene rings is 1. The van der Waals surface area contributed by atoms with Crippen molar-refractivity contribution in [1.29, 1.82) is 0 Å². The van der Waals surface area contributed by atoms with Gasteiger partial charge in [0.05, 0.1) is 12.3 Å². The van der Waals surface area contributed by atoms with Crippen LogP contribution in [0.5, 0.6) is 0 Å². The lowest BCUT2D eigenvalue weighted by Crippen LogP contribution is -2.44. The van der Waals surface area contributed by atoms with E-state index in [2.05, 4.69) is 5.32 Å². The molecule has 1 aliphatic rings. The minimum atomic E-state index is -0.471. The van der Waals surface area contributed by atoms with E-state index in [4.69, 9.17) is 4.74 Å². The highest BCUT2D eigenvalue weighted by atomic mass is 19.1. The van der Waals surface area contributed by atoms with Crippen molar-refractivity contribution >= 4 is 11.8 Å². The molecular weight excluding hydrogens is 235 g/mol. The third-order valence-corrected chi connectivity index (χ3v) is 3.05. The maximum atomic E-state index is 13.7. The van der Waals surface area contributed by atoms with Crippen LogP contribution in [0.4, 0.5) is 14.9 Å². The van der Waals surface area contributed by atoms with Crippen LogP contribution in [-0.2, 0) is 4.74 Å². The first-order valence-electron chi connectivity index (χ1n) is 6.05. The van der Waals surface area contributed by atoms with Gasteiger partial charge in [-0.25, -0.2) is 9.18 Å². The molecule has 0 radical (unpaired) electrons. The van der Waals surface area contributed by atoms with Crippen molar-refractivity contribution in [3.8, 4) is 0 Å². The molecule has 0 bridgehead atoms. The van der Waals surface area contributed by atoms with Crippen molar-refractivity contribution in [3.63, 3.8) is 0 Å². The van der Waals surface area contributed by atoms with Gasteiger partial charge in [-0.15, -0.1) is 0 Å². The quantitative estimate of drug-likeness (QED) is 0.891. The lowest BCUT2D eigenvalue weighted by Gasteiger charge is -2.32. The zero-order valence-electron chi connectivity index (χ0n) is 10.4. The number of cyclic esters (lactones) is 1. The maximum absolute atomic E-state index is 13.7. The second kappa shape index (κ2) is 5.82. The Morgan fingerprint density at radius 2 is 2.28 bits per heavy atom. The summed E-state index contributed by atoms with van der Waals surface area (Å²) in [4.78, 5) is 13.1. The summed E-state index contributed by atoms with van der Waals surface area (Å²) in [5.41, 5.74) is 0.289. The lowest BCUT2D eigenvalue weighted by molar-refractivity contribution is 0.112. The van der Waals surface area contributed by atoms with Crippen molar-refractivity contribution in [1.82, 2.24) is 5.32 Å².